The van der Waals surface area contributed by atoms with E-state index in [1.54, 1.807) is 7.11 Å². The van der Waals surface area contributed by atoms with Crippen molar-refractivity contribution in [2.24, 2.45) is 0 Å². The molecule has 9 heteroatoms. The summed E-state index contributed by atoms with van der Waals surface area (Å²) in [5.41, 5.74) is 2.08. The van der Waals surface area contributed by atoms with Gasteiger partial charge >= 0.3 is 0 Å². The molecule has 0 unspecified atom stereocenters. The van der Waals surface area contributed by atoms with Crippen molar-refractivity contribution in [2.45, 2.75) is 13.1 Å². The summed E-state index contributed by atoms with van der Waals surface area (Å²) in [5.74, 6) is 1.44. The summed E-state index contributed by atoms with van der Waals surface area (Å²) < 4.78 is 6.61. The number of aromatic nitrogens is 4. The molecule has 0 atom stereocenters. The van der Waals surface area contributed by atoms with Gasteiger partial charge in [-0.3, -0.25) is 9.89 Å². The minimum atomic E-state index is -0.245. The van der Waals surface area contributed by atoms with Gasteiger partial charge in [-0.1, -0.05) is 41.9 Å². The van der Waals surface area contributed by atoms with E-state index in [0.717, 1.165) is 17.0 Å². The molecule has 0 spiro atoms. The van der Waals surface area contributed by atoms with Crippen molar-refractivity contribution in [3.05, 3.63) is 81.2 Å². The highest BCUT2D eigenvalue weighted by Gasteiger charge is 2.09. The average molecular weight is 411 g/mol. The van der Waals surface area contributed by atoms with E-state index >= 15 is 0 Å². The number of hydrogen-bond donors (Lipinski definition) is 3. The van der Waals surface area contributed by atoms with Crippen LogP contribution in [0, 0.1) is 0 Å². The summed E-state index contributed by atoms with van der Waals surface area (Å²) in [7, 11) is 1.61. The number of anilines is 2. The first kappa shape index (κ1) is 18.8. The zero-order valence-electron chi connectivity index (χ0n) is 15.6. The predicted octanol–water partition coefficient (Wildman–Crippen LogP) is 3.30. The first-order valence-electron chi connectivity index (χ1n) is 8.97. The Kier molecular flexibility index (Phi) is 5.35. The summed E-state index contributed by atoms with van der Waals surface area (Å²) >= 11 is 6.17. The highest BCUT2D eigenvalue weighted by Crippen LogP contribution is 2.23. The van der Waals surface area contributed by atoms with Gasteiger partial charge in [0.05, 0.1) is 25.0 Å². The first-order chi connectivity index (χ1) is 14.1. The predicted molar refractivity (Wildman–Crippen MR) is 113 cm³/mol. The van der Waals surface area contributed by atoms with Crippen molar-refractivity contribution in [3.63, 3.8) is 0 Å². The molecule has 2 aromatic carbocycles. The van der Waals surface area contributed by atoms with E-state index in [-0.39, 0.29) is 11.3 Å². The Labute approximate surface area is 171 Å². The second kappa shape index (κ2) is 8.24. The first-order valence-corrected chi connectivity index (χ1v) is 9.34. The van der Waals surface area contributed by atoms with Crippen LogP contribution in [0.3, 0.4) is 0 Å². The Hall–Kier alpha value is -3.52. The molecule has 0 aliphatic carbocycles. The summed E-state index contributed by atoms with van der Waals surface area (Å²) in [6, 6.07) is 16.5. The average Bonchev–Trinajstić information content (AvgIpc) is 3.15. The molecule has 0 amide bonds. The van der Waals surface area contributed by atoms with Crippen molar-refractivity contribution in [2.75, 3.05) is 17.7 Å². The molecule has 148 valence electrons. The standard InChI is InChI=1S/C20H19ClN6O2/c1-29-17-9-5-4-8-16(17)22-12-14-10-18(28)27-20(24-14)25-19(26-27)23-11-13-6-2-3-7-15(13)21/h2-10,22H,11-12H2,1H3,(H2,23,24,25,26). The Morgan fingerprint density at radius 3 is 2.69 bits per heavy atom. The van der Waals surface area contributed by atoms with Gasteiger partial charge < -0.3 is 15.4 Å². The second-order valence-corrected chi connectivity index (χ2v) is 6.70. The number of rotatable bonds is 7. The van der Waals surface area contributed by atoms with Crippen LogP contribution < -0.4 is 20.9 Å². The van der Waals surface area contributed by atoms with Crippen molar-refractivity contribution in [1.82, 2.24) is 19.6 Å². The SMILES string of the molecule is COc1ccccc1NCc1cc(=O)n2[nH]c(NCc3ccccc3Cl)nc2n1. The Morgan fingerprint density at radius 2 is 1.86 bits per heavy atom. The monoisotopic (exact) mass is 410 g/mol. The number of aromatic amines is 1. The quantitative estimate of drug-likeness (QED) is 0.432. The van der Waals surface area contributed by atoms with Crippen LogP contribution in [0.4, 0.5) is 11.6 Å². The van der Waals surface area contributed by atoms with E-state index in [2.05, 4.69) is 25.7 Å². The van der Waals surface area contributed by atoms with Crippen LogP contribution in [-0.4, -0.2) is 26.7 Å². The number of fused-ring (bicyclic) bond motifs is 1. The number of methoxy groups -OCH3 is 1. The number of ether oxygens (including phenoxy) is 1. The Bertz CT molecular complexity index is 1200. The Balaban J connectivity index is 1.51. The van der Waals surface area contributed by atoms with Crippen molar-refractivity contribution < 1.29 is 4.74 Å². The minimum Gasteiger partial charge on any atom is -0.495 e. The number of nitrogens with one attached hydrogen (secondary N) is 3. The molecule has 29 heavy (non-hydrogen) atoms. The van der Waals surface area contributed by atoms with E-state index in [4.69, 9.17) is 16.3 Å². The molecule has 2 heterocycles. The molecule has 0 saturated heterocycles. The van der Waals surface area contributed by atoms with Crippen LogP contribution >= 0.6 is 11.6 Å². The van der Waals surface area contributed by atoms with Gasteiger partial charge in [0, 0.05) is 17.6 Å². The molecule has 0 fully saturated rings. The molecule has 4 aromatic rings. The fourth-order valence-electron chi connectivity index (χ4n) is 2.89. The normalized spacial score (nSPS) is 10.8. The van der Waals surface area contributed by atoms with E-state index < -0.39 is 0 Å². The largest absolute Gasteiger partial charge is 0.495 e. The van der Waals surface area contributed by atoms with Crippen molar-refractivity contribution >= 4 is 29.0 Å². The van der Waals surface area contributed by atoms with Crippen molar-refractivity contribution in [3.8, 4) is 5.75 Å². The third-order valence-corrected chi connectivity index (χ3v) is 4.72. The molecular formula is C20H19ClN6O2. The second-order valence-electron chi connectivity index (χ2n) is 6.29. The summed E-state index contributed by atoms with van der Waals surface area (Å²) in [5, 5.41) is 9.93. The van der Waals surface area contributed by atoms with E-state index in [1.165, 1.54) is 10.6 Å². The van der Waals surface area contributed by atoms with Gasteiger partial charge in [0.2, 0.25) is 5.95 Å². The highest BCUT2D eigenvalue weighted by atomic mass is 35.5. The lowest BCUT2D eigenvalue weighted by atomic mass is 10.2. The van der Waals surface area contributed by atoms with Crippen LogP contribution in [0.2, 0.25) is 5.02 Å². The molecule has 3 N–H and O–H groups in total. The fraction of sp³-hybridized carbons (Fsp3) is 0.150. The number of para-hydroxylation sites is 2. The van der Waals surface area contributed by atoms with Gasteiger partial charge in [-0.2, -0.15) is 9.50 Å². The van der Waals surface area contributed by atoms with Gasteiger partial charge in [0.15, 0.2) is 0 Å². The zero-order chi connectivity index (χ0) is 20.2. The number of halogens is 1. The molecule has 8 nitrogen and oxygen atoms in total. The van der Waals surface area contributed by atoms with Gasteiger partial charge in [0.1, 0.15) is 5.75 Å². The topological polar surface area (TPSA) is 96.3 Å². The number of benzene rings is 2. The number of hydrogen-bond acceptors (Lipinski definition) is 6. The molecule has 0 saturated carbocycles. The zero-order valence-corrected chi connectivity index (χ0v) is 16.4. The summed E-state index contributed by atoms with van der Waals surface area (Å²) in [6.45, 7) is 0.831. The lowest BCUT2D eigenvalue weighted by Gasteiger charge is -2.10. The van der Waals surface area contributed by atoms with Crippen LogP contribution in [0.15, 0.2) is 59.4 Å². The van der Waals surface area contributed by atoms with Crippen LogP contribution in [0.25, 0.3) is 5.78 Å². The molecule has 2 aromatic heterocycles. The van der Waals surface area contributed by atoms with E-state index in [9.17, 15) is 4.79 Å². The maximum Gasteiger partial charge on any atom is 0.274 e. The van der Waals surface area contributed by atoms with Gasteiger partial charge in [-0.25, -0.2) is 4.98 Å². The molecular weight excluding hydrogens is 392 g/mol. The lowest BCUT2D eigenvalue weighted by Crippen LogP contribution is -2.17. The molecule has 0 aliphatic heterocycles. The molecule has 0 bridgehead atoms. The number of nitrogens with zero attached hydrogens (tertiary/aromatic N) is 3. The smallest absolute Gasteiger partial charge is 0.274 e. The van der Waals surface area contributed by atoms with Crippen molar-refractivity contribution in [1.29, 1.82) is 0 Å². The Morgan fingerprint density at radius 1 is 1.07 bits per heavy atom. The maximum atomic E-state index is 12.4. The van der Waals surface area contributed by atoms with Crippen LogP contribution in [-0.2, 0) is 13.1 Å². The van der Waals surface area contributed by atoms with Gasteiger partial charge in [0.25, 0.3) is 11.3 Å². The van der Waals surface area contributed by atoms with Crippen LogP contribution in [0.5, 0.6) is 5.75 Å². The van der Waals surface area contributed by atoms with E-state index in [0.29, 0.717) is 29.8 Å². The molecule has 4 rings (SSSR count). The van der Waals surface area contributed by atoms with Crippen LogP contribution in [0.1, 0.15) is 11.3 Å². The third kappa shape index (κ3) is 4.17. The number of H-pyrrole nitrogens is 1. The van der Waals surface area contributed by atoms with Gasteiger partial charge in [-0.05, 0) is 23.8 Å². The maximum absolute atomic E-state index is 12.4. The highest BCUT2D eigenvalue weighted by molar-refractivity contribution is 6.31. The molecule has 0 radical (unpaired) electrons. The minimum absolute atomic E-state index is 0.245. The van der Waals surface area contributed by atoms with Gasteiger partial charge in [-0.15, -0.1) is 0 Å². The summed E-state index contributed by atoms with van der Waals surface area (Å²) in [4.78, 5) is 21.2. The fourth-order valence-corrected chi connectivity index (χ4v) is 3.10. The van der Waals surface area contributed by atoms with E-state index in [1.807, 2.05) is 48.5 Å². The molecule has 0 aliphatic rings. The summed E-state index contributed by atoms with van der Waals surface area (Å²) in [6.07, 6.45) is 0. The lowest BCUT2D eigenvalue weighted by molar-refractivity contribution is 0.416. The third-order valence-electron chi connectivity index (χ3n) is 4.35.